The number of carbonyl (C=O) groups excluding carboxylic acids is 5. The van der Waals surface area contributed by atoms with Crippen molar-refractivity contribution in [2.75, 3.05) is 12.4 Å². The Balaban J connectivity index is 1.45. The van der Waals surface area contributed by atoms with E-state index in [1.54, 1.807) is 21.6 Å². The monoisotopic (exact) mass is 563 g/mol. The smallest absolute Gasteiger partial charge is 0.333 e. The average molecular weight is 564 g/mol. The highest BCUT2D eigenvalue weighted by Gasteiger charge is 2.32. The summed E-state index contributed by atoms with van der Waals surface area (Å²) in [6, 6.07) is 5.71. The molecule has 1 heterocycles. The predicted molar refractivity (Wildman–Crippen MR) is 145 cm³/mol. The van der Waals surface area contributed by atoms with Crippen LogP contribution in [0.4, 0.5) is 0 Å². The number of hydrazone groups is 1. The fourth-order valence-corrected chi connectivity index (χ4v) is 6.40. The quantitative estimate of drug-likeness (QED) is 0.118. The van der Waals surface area contributed by atoms with Crippen LogP contribution in [0.2, 0.25) is 0 Å². The largest absolute Gasteiger partial charge is 0.494 e. The molecule has 12 heteroatoms. The minimum Gasteiger partial charge on any atom is -0.494 e. The second-order valence-electron chi connectivity index (χ2n) is 9.56. The van der Waals surface area contributed by atoms with E-state index in [2.05, 4.69) is 10.5 Å². The van der Waals surface area contributed by atoms with E-state index < -0.39 is 17.8 Å². The van der Waals surface area contributed by atoms with Crippen molar-refractivity contribution in [2.45, 2.75) is 76.4 Å². The lowest BCUT2D eigenvalue weighted by Gasteiger charge is -2.22. The summed E-state index contributed by atoms with van der Waals surface area (Å²) < 4.78 is 5.50. The first kappa shape index (κ1) is 29.7. The van der Waals surface area contributed by atoms with Gasteiger partial charge in [-0.3, -0.25) is 14.4 Å². The molecule has 0 unspecified atom stereocenters. The van der Waals surface area contributed by atoms with E-state index in [0.29, 0.717) is 30.1 Å². The van der Waals surface area contributed by atoms with Crippen molar-refractivity contribution < 1.29 is 33.5 Å². The molecule has 0 spiro atoms. The van der Waals surface area contributed by atoms with Gasteiger partial charge in [0, 0.05) is 41.7 Å². The van der Waals surface area contributed by atoms with Crippen LogP contribution >= 0.6 is 21.6 Å². The number of nitrogens with zero attached hydrogens (tertiary/aromatic N) is 2. The van der Waals surface area contributed by atoms with E-state index in [-0.39, 0.29) is 36.5 Å². The molecule has 1 fully saturated rings. The summed E-state index contributed by atoms with van der Waals surface area (Å²) in [5.74, 6) is -0.419. The van der Waals surface area contributed by atoms with Crippen LogP contribution in [0.3, 0.4) is 0 Å². The summed E-state index contributed by atoms with van der Waals surface area (Å²) >= 11 is 0. The molecule has 1 aliphatic heterocycles. The number of fused-ring (bicyclic) bond motifs is 1. The van der Waals surface area contributed by atoms with Gasteiger partial charge in [0.2, 0.25) is 5.91 Å². The number of amides is 3. The third-order valence-electron chi connectivity index (χ3n) is 5.75. The van der Waals surface area contributed by atoms with Crippen molar-refractivity contribution in [2.24, 2.45) is 5.10 Å². The number of hydrogen-bond acceptors (Lipinski definition) is 10. The van der Waals surface area contributed by atoms with Gasteiger partial charge in [-0.05, 0) is 63.3 Å². The highest BCUT2D eigenvalue weighted by Crippen LogP contribution is 2.38. The standard InChI is InChI=1S/C26H33N3O7S2/c1-26(2,38-37-15-5-13-30)17-22(31)28-27-21-7-3-6-18-16-19(9-10-20(18)21)35-14-4-8-25(34)36-29-23(32)11-12-24(29)33/h9-10,13,16H,3-8,11-12,14-15,17H2,1-2H3,(H,28,31)/b27-21+. The molecule has 1 aromatic rings. The molecular weight excluding hydrogens is 530 g/mol. The lowest BCUT2D eigenvalue weighted by atomic mass is 9.90. The van der Waals surface area contributed by atoms with Crippen molar-refractivity contribution >= 4 is 57.3 Å². The molecule has 0 aromatic heterocycles. The highest BCUT2D eigenvalue weighted by molar-refractivity contribution is 8.77. The minimum absolute atomic E-state index is 0.0191. The maximum atomic E-state index is 12.5. The van der Waals surface area contributed by atoms with Crippen LogP contribution in [0, 0.1) is 0 Å². The number of aryl methyl sites for hydroxylation is 1. The van der Waals surface area contributed by atoms with Crippen LogP contribution in [0.1, 0.15) is 76.3 Å². The van der Waals surface area contributed by atoms with Gasteiger partial charge in [-0.2, -0.15) is 5.10 Å². The van der Waals surface area contributed by atoms with E-state index in [4.69, 9.17) is 9.57 Å². The van der Waals surface area contributed by atoms with Crippen molar-refractivity contribution in [1.82, 2.24) is 10.5 Å². The first-order valence-electron chi connectivity index (χ1n) is 12.6. The molecule has 0 radical (unpaired) electrons. The van der Waals surface area contributed by atoms with Gasteiger partial charge in [-0.1, -0.05) is 21.6 Å². The van der Waals surface area contributed by atoms with Gasteiger partial charge in [0.05, 0.1) is 18.7 Å². The third kappa shape index (κ3) is 9.16. The van der Waals surface area contributed by atoms with E-state index >= 15 is 0 Å². The molecule has 1 saturated heterocycles. The van der Waals surface area contributed by atoms with Crippen LogP contribution in [0.25, 0.3) is 0 Å². The summed E-state index contributed by atoms with van der Waals surface area (Å²) in [7, 11) is 3.18. The van der Waals surface area contributed by atoms with Gasteiger partial charge in [-0.15, -0.1) is 5.06 Å². The molecule has 0 atom stereocenters. The molecule has 1 aromatic carbocycles. The number of rotatable bonds is 14. The second kappa shape index (κ2) is 14.3. The third-order valence-corrected chi connectivity index (χ3v) is 9.07. The molecule has 2 aliphatic rings. The Kier molecular flexibility index (Phi) is 11.2. The molecule has 0 bridgehead atoms. The zero-order valence-corrected chi connectivity index (χ0v) is 23.3. The Morgan fingerprint density at radius 1 is 1.16 bits per heavy atom. The number of hydrogen-bond donors (Lipinski definition) is 1. The van der Waals surface area contributed by atoms with E-state index in [0.717, 1.165) is 48.1 Å². The maximum absolute atomic E-state index is 12.5. The minimum atomic E-state index is -0.649. The van der Waals surface area contributed by atoms with Crippen LogP contribution < -0.4 is 10.2 Å². The van der Waals surface area contributed by atoms with E-state index in [1.165, 1.54) is 0 Å². The SMILES string of the molecule is CC(C)(CC(=O)N/N=C1\CCCc2cc(OCCCC(=O)ON3C(=O)CCC3=O)ccc21)SSCCC=O. The van der Waals surface area contributed by atoms with Gasteiger partial charge in [-0.25, -0.2) is 10.2 Å². The first-order chi connectivity index (χ1) is 18.2. The van der Waals surface area contributed by atoms with E-state index in [1.807, 2.05) is 32.0 Å². The van der Waals surface area contributed by atoms with Crippen molar-refractivity contribution in [3.8, 4) is 5.75 Å². The Hall–Kier alpha value is -2.86. The van der Waals surface area contributed by atoms with Crippen LogP contribution in [0.5, 0.6) is 5.75 Å². The number of benzene rings is 1. The van der Waals surface area contributed by atoms with Gasteiger partial charge in [0.25, 0.3) is 11.8 Å². The highest BCUT2D eigenvalue weighted by atomic mass is 33.1. The summed E-state index contributed by atoms with van der Waals surface area (Å²) in [5.41, 5.74) is 5.58. The lowest BCUT2D eigenvalue weighted by Crippen LogP contribution is -2.32. The molecule has 3 amide bonds. The van der Waals surface area contributed by atoms with Crippen molar-refractivity contribution in [3.05, 3.63) is 29.3 Å². The molecule has 0 saturated carbocycles. The zero-order valence-electron chi connectivity index (χ0n) is 21.7. The van der Waals surface area contributed by atoms with Gasteiger partial charge in [0.1, 0.15) is 12.0 Å². The number of ether oxygens (including phenoxy) is 1. The second-order valence-corrected chi connectivity index (χ2v) is 12.7. The molecular formula is C26H33N3O7S2. The van der Waals surface area contributed by atoms with E-state index in [9.17, 15) is 24.0 Å². The van der Waals surface area contributed by atoms with Gasteiger partial charge in [0.15, 0.2) is 0 Å². The number of aldehydes is 1. The molecule has 10 nitrogen and oxygen atoms in total. The summed E-state index contributed by atoms with van der Waals surface area (Å²) in [4.78, 5) is 62.7. The summed E-state index contributed by atoms with van der Waals surface area (Å²) in [6.07, 6.45) is 4.74. The van der Waals surface area contributed by atoms with Crippen molar-refractivity contribution in [3.63, 3.8) is 0 Å². The molecule has 1 N–H and O–H groups in total. The fraction of sp³-hybridized carbons (Fsp3) is 0.538. The number of hydroxylamine groups is 2. The van der Waals surface area contributed by atoms with Crippen molar-refractivity contribution in [1.29, 1.82) is 0 Å². The number of carbonyl (C=O) groups is 5. The van der Waals surface area contributed by atoms with Gasteiger partial charge >= 0.3 is 5.97 Å². The normalized spacial score (nSPS) is 16.4. The Labute approximate surface area is 230 Å². The predicted octanol–water partition coefficient (Wildman–Crippen LogP) is 3.75. The van der Waals surface area contributed by atoms with Crippen LogP contribution in [-0.4, -0.2) is 57.9 Å². The molecule has 1 aliphatic carbocycles. The first-order valence-corrected chi connectivity index (χ1v) is 14.9. The summed E-state index contributed by atoms with van der Waals surface area (Å²) in [6.45, 7) is 4.26. The average Bonchev–Trinajstić information content (AvgIpc) is 3.19. The number of nitrogens with one attached hydrogen (secondary N) is 1. The zero-order chi connectivity index (χ0) is 27.5. The molecule has 3 rings (SSSR count). The topological polar surface area (TPSA) is 131 Å². The Morgan fingerprint density at radius 2 is 1.92 bits per heavy atom. The fourth-order valence-electron chi connectivity index (χ4n) is 3.94. The Morgan fingerprint density at radius 3 is 2.66 bits per heavy atom. The Bertz CT molecular complexity index is 1070. The lowest BCUT2D eigenvalue weighted by molar-refractivity contribution is -0.197. The maximum Gasteiger partial charge on any atom is 0.333 e. The van der Waals surface area contributed by atoms with Crippen LogP contribution in [0.15, 0.2) is 23.3 Å². The molecule has 38 heavy (non-hydrogen) atoms. The molecule has 206 valence electrons. The summed E-state index contributed by atoms with van der Waals surface area (Å²) in [5, 5.41) is 4.95. The number of imide groups is 1. The van der Waals surface area contributed by atoms with Crippen LogP contribution in [-0.2, 0) is 35.2 Å². The van der Waals surface area contributed by atoms with Gasteiger partial charge < -0.3 is 14.4 Å².